The van der Waals surface area contributed by atoms with E-state index in [2.05, 4.69) is 0 Å². The number of hydrogen-bond donors (Lipinski definition) is 0. The number of halogens is 2. The normalized spacial score (nSPS) is 20.1. The SMILES string of the molecule is O=Cc1ccc(CN2CCC(F)(F)CC2)cc1. The van der Waals surface area contributed by atoms with Gasteiger partial charge in [0.05, 0.1) is 0 Å². The Morgan fingerprint density at radius 2 is 1.76 bits per heavy atom. The topological polar surface area (TPSA) is 20.3 Å². The molecule has 92 valence electrons. The summed E-state index contributed by atoms with van der Waals surface area (Å²) < 4.78 is 25.9. The van der Waals surface area contributed by atoms with E-state index in [1.54, 1.807) is 12.1 Å². The molecular weight excluding hydrogens is 224 g/mol. The van der Waals surface area contributed by atoms with E-state index in [1.807, 2.05) is 17.0 Å². The molecule has 0 aromatic heterocycles. The first-order valence-electron chi connectivity index (χ1n) is 5.73. The number of nitrogens with zero attached hydrogens (tertiary/aromatic N) is 1. The van der Waals surface area contributed by atoms with Gasteiger partial charge in [-0.15, -0.1) is 0 Å². The predicted molar refractivity (Wildman–Crippen MR) is 61.3 cm³/mol. The van der Waals surface area contributed by atoms with Crippen molar-refractivity contribution in [1.29, 1.82) is 0 Å². The van der Waals surface area contributed by atoms with Crippen LogP contribution in [0.4, 0.5) is 8.78 Å². The number of piperidine rings is 1. The van der Waals surface area contributed by atoms with Gasteiger partial charge in [-0.1, -0.05) is 24.3 Å². The highest BCUT2D eigenvalue weighted by molar-refractivity contribution is 5.74. The van der Waals surface area contributed by atoms with E-state index in [0.29, 0.717) is 25.2 Å². The molecule has 1 aromatic rings. The van der Waals surface area contributed by atoms with Gasteiger partial charge in [0.1, 0.15) is 6.29 Å². The highest BCUT2D eigenvalue weighted by Gasteiger charge is 2.33. The minimum absolute atomic E-state index is 0.0561. The first-order valence-corrected chi connectivity index (χ1v) is 5.73. The van der Waals surface area contributed by atoms with Crippen LogP contribution in [0.15, 0.2) is 24.3 Å². The Labute approximate surface area is 99.2 Å². The van der Waals surface area contributed by atoms with Gasteiger partial charge < -0.3 is 0 Å². The van der Waals surface area contributed by atoms with Crippen molar-refractivity contribution < 1.29 is 13.6 Å². The van der Waals surface area contributed by atoms with Crippen LogP contribution in [-0.4, -0.2) is 30.2 Å². The lowest BCUT2D eigenvalue weighted by atomic mass is 10.1. The van der Waals surface area contributed by atoms with E-state index in [0.717, 1.165) is 11.8 Å². The van der Waals surface area contributed by atoms with E-state index in [9.17, 15) is 13.6 Å². The fourth-order valence-corrected chi connectivity index (χ4v) is 2.00. The summed E-state index contributed by atoms with van der Waals surface area (Å²) in [7, 11) is 0. The van der Waals surface area contributed by atoms with Crippen LogP contribution in [0.2, 0.25) is 0 Å². The Hall–Kier alpha value is -1.29. The van der Waals surface area contributed by atoms with Crippen molar-refractivity contribution in [3.05, 3.63) is 35.4 Å². The number of benzene rings is 1. The summed E-state index contributed by atoms with van der Waals surface area (Å²) in [5.41, 5.74) is 1.69. The Morgan fingerprint density at radius 1 is 1.18 bits per heavy atom. The second-order valence-electron chi connectivity index (χ2n) is 4.49. The molecule has 0 amide bonds. The lowest BCUT2D eigenvalue weighted by Crippen LogP contribution is -2.38. The van der Waals surface area contributed by atoms with E-state index in [-0.39, 0.29) is 12.8 Å². The molecule has 2 rings (SSSR count). The third-order valence-electron chi connectivity index (χ3n) is 3.11. The number of likely N-dealkylation sites (tertiary alicyclic amines) is 1. The van der Waals surface area contributed by atoms with Crippen LogP contribution < -0.4 is 0 Å². The van der Waals surface area contributed by atoms with Crippen LogP contribution in [-0.2, 0) is 6.54 Å². The van der Waals surface area contributed by atoms with Crippen molar-refractivity contribution in [1.82, 2.24) is 4.90 Å². The monoisotopic (exact) mass is 239 g/mol. The fourth-order valence-electron chi connectivity index (χ4n) is 2.00. The van der Waals surface area contributed by atoms with Gasteiger partial charge in [0.15, 0.2) is 0 Å². The molecule has 2 nitrogen and oxygen atoms in total. The number of rotatable bonds is 3. The van der Waals surface area contributed by atoms with E-state index < -0.39 is 5.92 Å². The molecule has 0 bridgehead atoms. The van der Waals surface area contributed by atoms with Gasteiger partial charge in [-0.25, -0.2) is 8.78 Å². The zero-order chi connectivity index (χ0) is 12.3. The van der Waals surface area contributed by atoms with Crippen molar-refractivity contribution in [2.24, 2.45) is 0 Å². The summed E-state index contributed by atoms with van der Waals surface area (Å²) in [4.78, 5) is 12.5. The van der Waals surface area contributed by atoms with E-state index in [1.165, 1.54) is 0 Å². The van der Waals surface area contributed by atoms with Crippen molar-refractivity contribution >= 4 is 6.29 Å². The standard InChI is InChI=1S/C13H15F2NO/c14-13(15)5-7-16(8-6-13)9-11-1-3-12(10-17)4-2-11/h1-4,10H,5-9H2. The van der Waals surface area contributed by atoms with Crippen molar-refractivity contribution in [2.75, 3.05) is 13.1 Å². The Kier molecular flexibility index (Phi) is 3.52. The molecule has 0 atom stereocenters. The quantitative estimate of drug-likeness (QED) is 0.756. The summed E-state index contributed by atoms with van der Waals surface area (Å²) in [5.74, 6) is -2.49. The summed E-state index contributed by atoms with van der Waals surface area (Å²) >= 11 is 0. The van der Waals surface area contributed by atoms with E-state index in [4.69, 9.17) is 0 Å². The first kappa shape index (κ1) is 12.2. The zero-order valence-corrected chi connectivity index (χ0v) is 9.53. The maximum Gasteiger partial charge on any atom is 0.250 e. The molecule has 0 saturated carbocycles. The minimum Gasteiger partial charge on any atom is -0.299 e. The minimum atomic E-state index is -2.49. The van der Waals surface area contributed by atoms with Crippen LogP contribution >= 0.6 is 0 Å². The smallest absolute Gasteiger partial charge is 0.250 e. The zero-order valence-electron chi connectivity index (χ0n) is 9.53. The summed E-state index contributed by atoms with van der Waals surface area (Å²) in [5, 5.41) is 0. The van der Waals surface area contributed by atoms with Crippen molar-refractivity contribution in [3.8, 4) is 0 Å². The molecular formula is C13H15F2NO. The summed E-state index contributed by atoms with van der Waals surface area (Å²) in [6.07, 6.45) is 0.685. The Balaban J connectivity index is 1.91. The second-order valence-corrected chi connectivity index (χ2v) is 4.49. The van der Waals surface area contributed by atoms with Crippen LogP contribution in [0.5, 0.6) is 0 Å². The van der Waals surface area contributed by atoms with Crippen LogP contribution in [0.1, 0.15) is 28.8 Å². The van der Waals surface area contributed by atoms with Gasteiger partial charge >= 0.3 is 0 Å². The largest absolute Gasteiger partial charge is 0.299 e. The Bertz CT molecular complexity index is 379. The molecule has 1 aromatic carbocycles. The van der Waals surface area contributed by atoms with Crippen molar-refractivity contribution in [3.63, 3.8) is 0 Å². The lowest BCUT2D eigenvalue weighted by Gasteiger charge is -2.31. The molecule has 0 spiro atoms. The Morgan fingerprint density at radius 3 is 2.29 bits per heavy atom. The van der Waals surface area contributed by atoms with Crippen LogP contribution in [0.25, 0.3) is 0 Å². The average molecular weight is 239 g/mol. The molecule has 1 aliphatic heterocycles. The highest BCUT2D eigenvalue weighted by atomic mass is 19.3. The van der Waals surface area contributed by atoms with Gasteiger partial charge in [-0.05, 0) is 5.56 Å². The second kappa shape index (κ2) is 4.92. The molecule has 1 aliphatic rings. The predicted octanol–water partition coefficient (Wildman–Crippen LogP) is 2.73. The fraction of sp³-hybridized carbons (Fsp3) is 0.462. The molecule has 0 unspecified atom stereocenters. The lowest BCUT2D eigenvalue weighted by molar-refractivity contribution is -0.0566. The summed E-state index contributed by atoms with van der Waals surface area (Å²) in [6.45, 7) is 1.54. The molecule has 1 fully saturated rings. The summed E-state index contributed by atoms with van der Waals surface area (Å²) in [6, 6.07) is 7.24. The van der Waals surface area contributed by atoms with E-state index >= 15 is 0 Å². The average Bonchev–Trinajstić information content (AvgIpc) is 2.33. The van der Waals surface area contributed by atoms with Gasteiger partial charge in [-0.3, -0.25) is 9.69 Å². The maximum atomic E-state index is 12.9. The van der Waals surface area contributed by atoms with Gasteiger partial charge in [0, 0.05) is 38.0 Å². The third kappa shape index (κ3) is 3.33. The maximum absolute atomic E-state index is 12.9. The van der Waals surface area contributed by atoms with Crippen LogP contribution in [0, 0.1) is 0 Å². The molecule has 0 radical (unpaired) electrons. The number of carbonyl (C=O) groups excluding carboxylic acids is 1. The molecule has 0 N–H and O–H groups in total. The third-order valence-corrected chi connectivity index (χ3v) is 3.11. The van der Waals surface area contributed by atoms with Gasteiger partial charge in [0.2, 0.25) is 0 Å². The van der Waals surface area contributed by atoms with Gasteiger partial charge in [-0.2, -0.15) is 0 Å². The number of alkyl halides is 2. The molecule has 4 heteroatoms. The molecule has 0 aliphatic carbocycles. The van der Waals surface area contributed by atoms with Crippen molar-refractivity contribution in [2.45, 2.75) is 25.3 Å². The number of carbonyl (C=O) groups is 1. The molecule has 1 saturated heterocycles. The number of hydrogen-bond acceptors (Lipinski definition) is 2. The molecule has 17 heavy (non-hydrogen) atoms. The van der Waals surface area contributed by atoms with Gasteiger partial charge in [0.25, 0.3) is 5.92 Å². The number of aldehydes is 1. The first-order chi connectivity index (χ1) is 8.09. The molecule has 1 heterocycles. The van der Waals surface area contributed by atoms with Crippen LogP contribution in [0.3, 0.4) is 0 Å². The highest BCUT2D eigenvalue weighted by Crippen LogP contribution is 2.28.